The third-order valence-corrected chi connectivity index (χ3v) is 4.68. The number of carbonyl (C=O) groups excluding carboxylic acids is 1. The number of rotatable bonds is 7. The van der Waals surface area contributed by atoms with Crippen molar-refractivity contribution >= 4 is 38.1 Å². The summed E-state index contributed by atoms with van der Waals surface area (Å²) in [4.78, 5) is 12.0. The molecule has 0 saturated heterocycles. The number of amides is 1. The van der Waals surface area contributed by atoms with Crippen LogP contribution in [-0.2, 0) is 9.84 Å². The number of aromatic nitrogens is 1. The molecular formula is C11H18N4O3S2. The zero-order chi connectivity index (χ0) is 14.8. The molecule has 20 heavy (non-hydrogen) atoms. The van der Waals surface area contributed by atoms with E-state index >= 15 is 0 Å². The molecular weight excluding hydrogens is 300 g/mol. The van der Waals surface area contributed by atoms with Crippen LogP contribution in [0.2, 0.25) is 0 Å². The number of carbonyl (C=O) groups is 1. The zero-order valence-electron chi connectivity index (χ0n) is 11.2. The smallest absolute Gasteiger partial charge is 0.258 e. The van der Waals surface area contributed by atoms with E-state index in [0.717, 1.165) is 24.4 Å². The maximum Gasteiger partial charge on any atom is 0.258 e. The summed E-state index contributed by atoms with van der Waals surface area (Å²) in [6.07, 6.45) is 3.67. The highest BCUT2D eigenvalue weighted by molar-refractivity contribution is 7.90. The number of hydrogen-bond donors (Lipinski definition) is 3. The number of anilines is 2. The molecule has 112 valence electrons. The van der Waals surface area contributed by atoms with Crippen molar-refractivity contribution in [2.24, 2.45) is 0 Å². The Labute approximate surface area is 122 Å². The number of nitrogen functional groups attached to an aromatic ring is 1. The molecule has 0 aromatic carbocycles. The fraction of sp³-hybridized carbons (Fsp3) is 0.636. The third kappa shape index (κ3) is 4.34. The first-order chi connectivity index (χ1) is 9.37. The molecule has 1 saturated carbocycles. The fourth-order valence-corrected chi connectivity index (χ4v) is 3.07. The molecule has 1 aromatic heterocycles. The fourth-order valence-electron chi connectivity index (χ4n) is 1.66. The lowest BCUT2D eigenvalue weighted by Crippen LogP contribution is -2.26. The molecule has 0 radical (unpaired) electrons. The van der Waals surface area contributed by atoms with Crippen LogP contribution >= 0.6 is 11.5 Å². The molecule has 0 aliphatic heterocycles. The molecule has 1 aromatic rings. The molecule has 0 unspecified atom stereocenters. The molecule has 1 fully saturated rings. The summed E-state index contributed by atoms with van der Waals surface area (Å²) in [5.74, 6) is 0.0980. The van der Waals surface area contributed by atoms with Crippen molar-refractivity contribution in [3.63, 3.8) is 0 Å². The van der Waals surface area contributed by atoms with Crippen LogP contribution in [0, 0.1) is 0 Å². The van der Waals surface area contributed by atoms with Crippen molar-refractivity contribution in [1.29, 1.82) is 0 Å². The van der Waals surface area contributed by atoms with E-state index in [0.29, 0.717) is 23.5 Å². The first-order valence-corrected chi connectivity index (χ1v) is 9.18. The van der Waals surface area contributed by atoms with Gasteiger partial charge in [0, 0.05) is 18.8 Å². The van der Waals surface area contributed by atoms with Crippen LogP contribution < -0.4 is 16.4 Å². The minimum absolute atomic E-state index is 0.109. The molecule has 1 aliphatic rings. The van der Waals surface area contributed by atoms with Gasteiger partial charge in [0.15, 0.2) is 5.82 Å². The van der Waals surface area contributed by atoms with E-state index in [4.69, 9.17) is 5.73 Å². The van der Waals surface area contributed by atoms with E-state index in [1.54, 1.807) is 0 Å². The van der Waals surface area contributed by atoms with Crippen molar-refractivity contribution in [1.82, 2.24) is 9.69 Å². The lowest BCUT2D eigenvalue weighted by atomic mass is 10.3. The second-order valence-electron chi connectivity index (χ2n) is 4.93. The molecule has 1 heterocycles. The minimum Gasteiger partial charge on any atom is -0.382 e. The van der Waals surface area contributed by atoms with Crippen molar-refractivity contribution in [3.05, 3.63) is 5.56 Å². The minimum atomic E-state index is -2.96. The third-order valence-electron chi connectivity index (χ3n) is 2.84. The average molecular weight is 318 g/mol. The summed E-state index contributed by atoms with van der Waals surface area (Å²) in [7, 11) is -2.96. The molecule has 1 aliphatic carbocycles. The number of hydrogen-bond acceptors (Lipinski definition) is 7. The van der Waals surface area contributed by atoms with E-state index in [2.05, 4.69) is 15.0 Å². The van der Waals surface area contributed by atoms with Crippen molar-refractivity contribution in [3.8, 4) is 0 Å². The Balaban J connectivity index is 1.92. The van der Waals surface area contributed by atoms with Gasteiger partial charge < -0.3 is 16.4 Å². The number of nitrogens with zero attached hydrogens (tertiary/aromatic N) is 1. The summed E-state index contributed by atoms with van der Waals surface area (Å²) in [6, 6.07) is 0.250. The Morgan fingerprint density at radius 1 is 1.50 bits per heavy atom. The van der Waals surface area contributed by atoms with Crippen LogP contribution in [0.25, 0.3) is 0 Å². The Kier molecular flexibility index (Phi) is 4.48. The summed E-state index contributed by atoms with van der Waals surface area (Å²) < 4.78 is 26.0. The molecule has 1 amide bonds. The monoisotopic (exact) mass is 318 g/mol. The van der Waals surface area contributed by atoms with Crippen LogP contribution in [0.1, 0.15) is 29.6 Å². The second kappa shape index (κ2) is 5.96. The van der Waals surface area contributed by atoms with Crippen molar-refractivity contribution in [2.45, 2.75) is 25.3 Å². The van der Waals surface area contributed by atoms with Gasteiger partial charge in [0.05, 0.1) is 5.75 Å². The van der Waals surface area contributed by atoms with Crippen LogP contribution in [0.4, 0.5) is 10.8 Å². The summed E-state index contributed by atoms with van der Waals surface area (Å²) >= 11 is 1.11. The Hall–Kier alpha value is -1.35. The standard InChI is InChI=1S/C11H18N4O3S2/c1-20(17,18)6-2-5-13-11-8(9(12)15-19-11)10(16)14-7-3-4-7/h7,13H,2-6H2,1H3,(H2,12,15)(H,14,16). The van der Waals surface area contributed by atoms with Crippen LogP contribution in [0.5, 0.6) is 0 Å². The molecule has 4 N–H and O–H groups in total. The summed E-state index contributed by atoms with van der Waals surface area (Å²) in [5, 5.41) is 6.49. The van der Waals surface area contributed by atoms with Crippen molar-refractivity contribution < 1.29 is 13.2 Å². The number of nitrogens with one attached hydrogen (secondary N) is 2. The second-order valence-corrected chi connectivity index (χ2v) is 7.96. The highest BCUT2D eigenvalue weighted by Crippen LogP contribution is 2.28. The van der Waals surface area contributed by atoms with E-state index in [1.807, 2.05) is 0 Å². The molecule has 2 rings (SSSR count). The normalized spacial score (nSPS) is 15.1. The van der Waals surface area contributed by atoms with Gasteiger partial charge >= 0.3 is 0 Å². The highest BCUT2D eigenvalue weighted by atomic mass is 32.2. The Morgan fingerprint density at radius 3 is 2.80 bits per heavy atom. The summed E-state index contributed by atoms with van der Waals surface area (Å²) in [5.41, 5.74) is 6.08. The quantitative estimate of drug-likeness (QED) is 0.629. The molecule has 0 atom stereocenters. The molecule has 7 nitrogen and oxygen atoms in total. The number of sulfone groups is 1. The largest absolute Gasteiger partial charge is 0.382 e. The van der Waals surface area contributed by atoms with Crippen molar-refractivity contribution in [2.75, 3.05) is 29.6 Å². The predicted octanol–water partition coefficient (Wildman–Crippen LogP) is 0.464. The first kappa shape index (κ1) is 15.0. The van der Waals surface area contributed by atoms with E-state index in [9.17, 15) is 13.2 Å². The molecule has 9 heteroatoms. The maximum atomic E-state index is 12.0. The van der Waals surface area contributed by atoms with Crippen LogP contribution in [-0.4, -0.2) is 43.3 Å². The van der Waals surface area contributed by atoms with Gasteiger partial charge in [-0.1, -0.05) is 0 Å². The van der Waals surface area contributed by atoms with Gasteiger partial charge in [-0.15, -0.1) is 0 Å². The molecule has 0 bridgehead atoms. The van der Waals surface area contributed by atoms with Gasteiger partial charge in [-0.2, -0.15) is 4.37 Å². The van der Waals surface area contributed by atoms with Gasteiger partial charge in [0.1, 0.15) is 20.4 Å². The number of nitrogens with two attached hydrogens (primary N) is 1. The SMILES string of the molecule is CS(=O)(=O)CCCNc1snc(N)c1C(=O)NC1CC1. The van der Waals surface area contributed by atoms with E-state index < -0.39 is 9.84 Å². The van der Waals surface area contributed by atoms with E-state index in [1.165, 1.54) is 6.26 Å². The van der Waals surface area contributed by atoms with Gasteiger partial charge in [0.2, 0.25) is 0 Å². The van der Waals surface area contributed by atoms with Crippen LogP contribution in [0.3, 0.4) is 0 Å². The lowest BCUT2D eigenvalue weighted by molar-refractivity contribution is 0.0953. The Bertz CT molecular complexity index is 593. The van der Waals surface area contributed by atoms with Crippen LogP contribution in [0.15, 0.2) is 0 Å². The van der Waals surface area contributed by atoms with Gasteiger partial charge in [0.25, 0.3) is 5.91 Å². The predicted molar refractivity (Wildman–Crippen MR) is 79.8 cm³/mol. The first-order valence-electron chi connectivity index (χ1n) is 6.34. The van der Waals surface area contributed by atoms with Gasteiger partial charge in [-0.25, -0.2) is 8.42 Å². The maximum absolute atomic E-state index is 12.0. The van der Waals surface area contributed by atoms with Gasteiger partial charge in [-0.3, -0.25) is 4.79 Å². The highest BCUT2D eigenvalue weighted by Gasteiger charge is 2.27. The van der Waals surface area contributed by atoms with E-state index in [-0.39, 0.29) is 23.5 Å². The average Bonchev–Trinajstić information content (AvgIpc) is 3.06. The lowest BCUT2D eigenvalue weighted by Gasteiger charge is -2.07. The Morgan fingerprint density at radius 2 is 2.20 bits per heavy atom. The topological polar surface area (TPSA) is 114 Å². The van der Waals surface area contributed by atoms with Gasteiger partial charge in [-0.05, 0) is 30.8 Å². The summed E-state index contributed by atoms with van der Waals surface area (Å²) in [6.45, 7) is 0.457. The zero-order valence-corrected chi connectivity index (χ0v) is 12.8. The molecule has 0 spiro atoms.